The Morgan fingerprint density at radius 1 is 0.691 bits per heavy atom. The van der Waals surface area contributed by atoms with Crippen LogP contribution in [0.15, 0.2) is 96.9 Å². The summed E-state index contributed by atoms with van der Waals surface area (Å²) in [5.74, 6) is 1.53. The first-order valence-electron chi connectivity index (χ1n) is 19.1. The van der Waals surface area contributed by atoms with Gasteiger partial charge in [0.25, 0.3) is 10.0 Å². The Balaban J connectivity index is 0.000000190. The van der Waals surface area contributed by atoms with Crippen molar-refractivity contribution in [1.82, 2.24) is 38.5 Å². The molecule has 0 amide bonds. The number of nitrogens with one attached hydrogen (secondary N) is 1. The monoisotopic (exact) mass is 768 g/mol. The van der Waals surface area contributed by atoms with E-state index in [4.69, 9.17) is 0 Å². The van der Waals surface area contributed by atoms with Crippen molar-refractivity contribution in [2.24, 2.45) is 25.9 Å². The Morgan fingerprint density at radius 3 is 1.80 bits per heavy atom. The number of aromatic nitrogens is 8. The van der Waals surface area contributed by atoms with E-state index in [1.807, 2.05) is 55.8 Å². The molecule has 0 atom stereocenters. The van der Waals surface area contributed by atoms with Crippen molar-refractivity contribution < 1.29 is 43.5 Å². The van der Waals surface area contributed by atoms with Gasteiger partial charge in [0, 0.05) is 84.3 Å². The predicted molar refractivity (Wildman–Crippen MR) is 212 cm³/mol. The number of hydrogen-bond donors (Lipinski definition) is 1. The predicted octanol–water partition coefficient (Wildman–Crippen LogP) is 5.71. The number of benzene rings is 1. The molecule has 9 rings (SSSR count). The molecule has 2 N–H and O–H groups in total. The molecule has 1 aromatic carbocycles. The standard InChI is InChI=1S/C24H26N4O2S.C18H22N4.Na.H2O/c1-27-16-20(15-26-27)23-17-28(31(29,30)21-10-6-3-7-11-21)24-22(23)13-19(14-25-24)12-18-8-4-2-5-9-18;1-22-12-15(10-21-22)17-11-20-18-16(17)8-14(9-19-18)7-13-5-3-2-4-6-13;;/h3,6-7,10-11,13-18H,2,4-5,8-9,12H2,1H3;8-13H,2-7H2,1H3,(H,19,20);;1H2/q;;+1;/p-1. The zero-order valence-electron chi connectivity index (χ0n) is 32.1. The van der Waals surface area contributed by atoms with E-state index < -0.39 is 10.0 Å². The van der Waals surface area contributed by atoms with E-state index in [1.165, 1.54) is 96.7 Å². The molecule has 0 saturated heterocycles. The van der Waals surface area contributed by atoms with Gasteiger partial charge >= 0.3 is 29.6 Å². The average Bonchev–Trinajstić information content (AvgIpc) is 3.99. The number of hydrogen-bond acceptors (Lipinski definition) is 7. The summed E-state index contributed by atoms with van der Waals surface area (Å²) in [5.41, 5.74) is 8.00. The van der Waals surface area contributed by atoms with Gasteiger partial charge in [-0.1, -0.05) is 82.4 Å². The molecule has 2 fully saturated rings. The van der Waals surface area contributed by atoms with E-state index >= 15 is 0 Å². The molecule has 2 aliphatic rings. The van der Waals surface area contributed by atoms with Crippen molar-refractivity contribution >= 4 is 32.1 Å². The maximum atomic E-state index is 13.4. The van der Waals surface area contributed by atoms with Gasteiger partial charge < -0.3 is 10.5 Å². The first-order chi connectivity index (χ1) is 25.8. The zero-order chi connectivity index (χ0) is 36.4. The molecule has 6 aromatic heterocycles. The number of fused-ring (bicyclic) bond motifs is 2. The SMILES string of the molecule is Cn1cc(-c2c[nH]c3ncc(CC4CCCCC4)cc23)cn1.Cn1cc(-c2cn(S(=O)(=O)c3ccccc3)c3ncc(CC4CCCCC4)cc23)cn1.[Na+].[OH-]. The Kier molecular flexibility index (Phi) is 13.1. The van der Waals surface area contributed by atoms with Crippen molar-refractivity contribution in [2.45, 2.75) is 81.9 Å². The topological polar surface area (TPSA) is 146 Å². The van der Waals surface area contributed by atoms with Crippen molar-refractivity contribution in [3.05, 3.63) is 103 Å². The summed E-state index contributed by atoms with van der Waals surface area (Å²) in [6.45, 7) is 0. The number of aryl methyl sites for hydroxylation is 2. The van der Waals surface area contributed by atoms with Gasteiger partial charge in [0.1, 0.15) is 5.65 Å². The molecular formula is C42H49N8NaO3S. The summed E-state index contributed by atoms with van der Waals surface area (Å²) in [5, 5.41) is 10.6. The zero-order valence-corrected chi connectivity index (χ0v) is 34.9. The minimum atomic E-state index is -3.76. The maximum absolute atomic E-state index is 13.4. The molecule has 6 heterocycles. The van der Waals surface area contributed by atoms with Gasteiger partial charge in [-0.3, -0.25) is 9.36 Å². The van der Waals surface area contributed by atoms with Gasteiger partial charge in [-0.2, -0.15) is 10.2 Å². The van der Waals surface area contributed by atoms with Crippen LogP contribution in [0.5, 0.6) is 0 Å². The second kappa shape index (κ2) is 17.8. The average molecular weight is 769 g/mol. The van der Waals surface area contributed by atoms with Gasteiger partial charge in [-0.25, -0.2) is 22.4 Å². The minimum Gasteiger partial charge on any atom is -0.870 e. The van der Waals surface area contributed by atoms with Crippen LogP contribution in [-0.4, -0.2) is 52.4 Å². The Labute approximate surface area is 345 Å². The summed E-state index contributed by atoms with van der Waals surface area (Å²) < 4.78 is 31.7. The van der Waals surface area contributed by atoms with Crippen molar-refractivity contribution in [3.63, 3.8) is 0 Å². The number of aromatic amines is 1. The van der Waals surface area contributed by atoms with Gasteiger partial charge in [-0.15, -0.1) is 0 Å². The maximum Gasteiger partial charge on any atom is 1.00 e. The number of pyridine rings is 2. The third-order valence-corrected chi connectivity index (χ3v) is 12.8. The Bertz CT molecular complexity index is 2440. The third-order valence-electron chi connectivity index (χ3n) is 11.1. The summed E-state index contributed by atoms with van der Waals surface area (Å²) in [7, 11) is 0.0478. The summed E-state index contributed by atoms with van der Waals surface area (Å²) in [6, 6.07) is 12.9. The summed E-state index contributed by atoms with van der Waals surface area (Å²) in [4.78, 5) is 12.8. The number of H-pyrrole nitrogens is 1. The van der Waals surface area contributed by atoms with Crippen LogP contribution in [0.2, 0.25) is 0 Å². The van der Waals surface area contributed by atoms with Gasteiger partial charge in [0.15, 0.2) is 5.65 Å². The van der Waals surface area contributed by atoms with E-state index in [0.29, 0.717) is 11.6 Å². The van der Waals surface area contributed by atoms with Crippen LogP contribution in [0.1, 0.15) is 75.3 Å². The van der Waals surface area contributed by atoms with Crippen molar-refractivity contribution in [3.8, 4) is 22.3 Å². The fraction of sp³-hybridized carbons (Fsp3) is 0.381. The second-order valence-electron chi connectivity index (χ2n) is 15.0. The van der Waals surface area contributed by atoms with Crippen LogP contribution in [0.4, 0.5) is 0 Å². The van der Waals surface area contributed by atoms with E-state index in [2.05, 4.69) is 43.5 Å². The molecular weight excluding hydrogens is 720 g/mol. The Morgan fingerprint density at radius 2 is 1.24 bits per heavy atom. The fourth-order valence-corrected chi connectivity index (χ4v) is 9.67. The largest absolute Gasteiger partial charge is 1.00 e. The molecule has 0 aliphatic heterocycles. The molecule has 0 spiro atoms. The first kappa shape index (κ1) is 40.6. The van der Waals surface area contributed by atoms with Crippen LogP contribution in [0.25, 0.3) is 44.3 Å². The van der Waals surface area contributed by atoms with Gasteiger partial charge in [0.2, 0.25) is 0 Å². The summed E-state index contributed by atoms with van der Waals surface area (Å²) >= 11 is 0. The molecule has 55 heavy (non-hydrogen) atoms. The van der Waals surface area contributed by atoms with Crippen LogP contribution in [0.3, 0.4) is 0 Å². The van der Waals surface area contributed by atoms with Crippen molar-refractivity contribution in [2.75, 3.05) is 0 Å². The molecule has 11 nitrogen and oxygen atoms in total. The minimum absolute atomic E-state index is 0. The fourth-order valence-electron chi connectivity index (χ4n) is 8.32. The molecule has 0 radical (unpaired) electrons. The smallest absolute Gasteiger partial charge is 0.870 e. The second-order valence-corrected chi connectivity index (χ2v) is 16.9. The summed E-state index contributed by atoms with van der Waals surface area (Å²) in [6.07, 6.45) is 30.8. The van der Waals surface area contributed by atoms with E-state index in [-0.39, 0.29) is 39.9 Å². The van der Waals surface area contributed by atoms with Crippen LogP contribution in [-0.2, 0) is 37.0 Å². The van der Waals surface area contributed by atoms with Gasteiger partial charge in [-0.05, 0) is 60.1 Å². The normalized spacial score (nSPS) is 15.3. The molecule has 2 aliphatic carbocycles. The molecule has 282 valence electrons. The third kappa shape index (κ3) is 8.99. The number of nitrogens with zero attached hydrogens (tertiary/aromatic N) is 7. The Hall–Kier alpha value is -4.07. The number of rotatable bonds is 8. The molecule has 2 saturated carbocycles. The molecule has 0 bridgehead atoms. The quantitative estimate of drug-likeness (QED) is 0.195. The van der Waals surface area contributed by atoms with Crippen LogP contribution in [0, 0.1) is 11.8 Å². The van der Waals surface area contributed by atoms with E-state index in [1.54, 1.807) is 41.3 Å². The first-order valence-corrected chi connectivity index (χ1v) is 20.5. The molecule has 13 heteroatoms. The van der Waals surface area contributed by atoms with E-state index in [9.17, 15) is 8.42 Å². The van der Waals surface area contributed by atoms with Crippen molar-refractivity contribution in [1.29, 1.82) is 0 Å². The van der Waals surface area contributed by atoms with E-state index in [0.717, 1.165) is 40.1 Å². The molecule has 7 aromatic rings. The van der Waals surface area contributed by atoms with Gasteiger partial charge in [0.05, 0.1) is 17.3 Å². The van der Waals surface area contributed by atoms with Crippen LogP contribution < -0.4 is 29.6 Å². The van der Waals surface area contributed by atoms with Crippen LogP contribution >= 0.6 is 0 Å². The molecule has 0 unspecified atom stereocenters.